The molecule has 3 fully saturated rings. The predicted molar refractivity (Wildman–Crippen MR) is 118 cm³/mol. The molecule has 7 heteroatoms. The van der Waals surface area contributed by atoms with Crippen LogP contribution in [-0.4, -0.2) is 81.8 Å². The number of carbonyl (C=O) groups excluding carboxylic acids is 1. The molecule has 1 aliphatic heterocycles. The molecule has 1 saturated heterocycles. The van der Waals surface area contributed by atoms with E-state index in [-0.39, 0.29) is 30.1 Å². The summed E-state index contributed by atoms with van der Waals surface area (Å²) in [6.45, 7) is 1.13. The van der Waals surface area contributed by atoms with E-state index >= 15 is 0 Å². The van der Waals surface area contributed by atoms with Crippen LogP contribution >= 0.6 is 0 Å². The maximum Gasteiger partial charge on any atom is 0.320 e. The summed E-state index contributed by atoms with van der Waals surface area (Å²) in [5.41, 5.74) is 0.0882. The van der Waals surface area contributed by atoms with Gasteiger partial charge < -0.3 is 20.0 Å². The van der Waals surface area contributed by atoms with Crippen LogP contribution in [0.4, 0.5) is 4.79 Å². The van der Waals surface area contributed by atoms with Crippen LogP contribution in [0.5, 0.6) is 0 Å². The van der Waals surface area contributed by atoms with Crippen molar-refractivity contribution in [2.24, 2.45) is 0 Å². The number of hydrogen-bond acceptors (Lipinski definition) is 4. The highest BCUT2D eigenvalue weighted by atomic mass is 16.4. The van der Waals surface area contributed by atoms with E-state index < -0.39 is 11.6 Å². The molecule has 3 aliphatic rings. The first-order chi connectivity index (χ1) is 14.7. The zero-order valence-electron chi connectivity index (χ0n) is 18.7. The average molecular weight is 430 g/mol. The summed E-state index contributed by atoms with van der Waals surface area (Å²) >= 11 is 0. The Balaban J connectivity index is 1.59. The molecular formula is C24H35N3O4. The van der Waals surface area contributed by atoms with Gasteiger partial charge in [-0.15, -0.1) is 0 Å². The van der Waals surface area contributed by atoms with Gasteiger partial charge in [-0.3, -0.25) is 9.69 Å². The van der Waals surface area contributed by atoms with Crippen molar-refractivity contribution in [1.82, 2.24) is 14.7 Å². The standard InChI is InChI=1S/C24H35N3O4/c1-25(2)24(19-7-4-3-5-8-19)14-12-22(13-15-24)17-26(16-9-20(28)29)21(30)27(22)18-23(31)10-6-11-23/h3-5,7-8,31H,6,9-18H2,1-2H3,(H,28,29). The van der Waals surface area contributed by atoms with Gasteiger partial charge in [0.05, 0.1) is 24.1 Å². The van der Waals surface area contributed by atoms with E-state index in [2.05, 4.69) is 43.3 Å². The van der Waals surface area contributed by atoms with Crippen LogP contribution in [0.3, 0.4) is 0 Å². The van der Waals surface area contributed by atoms with Crippen molar-refractivity contribution in [3.63, 3.8) is 0 Å². The average Bonchev–Trinajstić information content (AvgIpc) is 2.98. The van der Waals surface area contributed by atoms with Crippen LogP contribution in [0.1, 0.15) is 56.9 Å². The number of aliphatic carboxylic acids is 1. The van der Waals surface area contributed by atoms with Gasteiger partial charge in [-0.05, 0) is 64.6 Å². The third-order valence-electron chi connectivity index (χ3n) is 8.07. The van der Waals surface area contributed by atoms with Crippen LogP contribution in [0.15, 0.2) is 30.3 Å². The Labute approximate surface area is 184 Å². The van der Waals surface area contributed by atoms with Crippen molar-refractivity contribution in [3.8, 4) is 0 Å². The van der Waals surface area contributed by atoms with Crippen LogP contribution in [0.2, 0.25) is 0 Å². The van der Waals surface area contributed by atoms with Gasteiger partial charge in [0.2, 0.25) is 0 Å². The largest absolute Gasteiger partial charge is 0.481 e. The summed E-state index contributed by atoms with van der Waals surface area (Å²) in [7, 11) is 4.25. The number of amides is 2. The third kappa shape index (κ3) is 3.94. The zero-order valence-corrected chi connectivity index (χ0v) is 18.7. The number of urea groups is 1. The van der Waals surface area contributed by atoms with E-state index in [1.807, 2.05) is 11.0 Å². The molecule has 170 valence electrons. The van der Waals surface area contributed by atoms with Crippen LogP contribution in [0.25, 0.3) is 0 Å². The number of carboxylic acids is 1. The lowest BCUT2D eigenvalue weighted by Crippen LogP contribution is -2.59. The highest BCUT2D eigenvalue weighted by Gasteiger charge is 2.56. The van der Waals surface area contributed by atoms with Gasteiger partial charge in [0, 0.05) is 18.6 Å². The number of benzene rings is 1. The molecule has 2 saturated carbocycles. The predicted octanol–water partition coefficient (Wildman–Crippen LogP) is 2.88. The molecule has 7 nitrogen and oxygen atoms in total. The number of carboxylic acid groups (broad SMARTS) is 1. The molecule has 0 unspecified atom stereocenters. The summed E-state index contributed by atoms with van der Waals surface area (Å²) in [6.07, 6.45) is 5.91. The summed E-state index contributed by atoms with van der Waals surface area (Å²) in [5.74, 6) is -0.891. The summed E-state index contributed by atoms with van der Waals surface area (Å²) < 4.78 is 0. The molecular weight excluding hydrogens is 394 g/mol. The SMILES string of the molecule is CN(C)C1(c2ccccc2)CCC2(CC1)CN(CCC(=O)O)C(=O)N2CC1(O)CCC1. The molecule has 2 aliphatic carbocycles. The Morgan fingerprint density at radius 1 is 1.06 bits per heavy atom. The second kappa shape index (κ2) is 8.10. The molecule has 4 rings (SSSR count). The maximum atomic E-state index is 13.3. The Hall–Kier alpha value is -2.12. The van der Waals surface area contributed by atoms with Crippen molar-refractivity contribution in [3.05, 3.63) is 35.9 Å². The fourth-order valence-corrected chi connectivity index (χ4v) is 5.86. The molecule has 0 aromatic heterocycles. The molecule has 2 N–H and O–H groups in total. The van der Waals surface area contributed by atoms with Crippen molar-refractivity contribution in [1.29, 1.82) is 0 Å². The minimum Gasteiger partial charge on any atom is -0.481 e. The van der Waals surface area contributed by atoms with E-state index in [0.717, 1.165) is 44.9 Å². The molecule has 1 heterocycles. The van der Waals surface area contributed by atoms with Gasteiger partial charge >= 0.3 is 12.0 Å². The van der Waals surface area contributed by atoms with Crippen molar-refractivity contribution < 1.29 is 19.8 Å². The van der Waals surface area contributed by atoms with Crippen LogP contribution in [-0.2, 0) is 10.3 Å². The lowest BCUT2D eigenvalue weighted by molar-refractivity contribution is -0.137. The third-order valence-corrected chi connectivity index (χ3v) is 8.07. The number of carbonyl (C=O) groups is 2. The number of rotatable bonds is 7. The highest BCUT2D eigenvalue weighted by Crippen LogP contribution is 2.50. The molecule has 1 spiro atoms. The lowest BCUT2D eigenvalue weighted by Gasteiger charge is -2.52. The number of aliphatic hydroxyl groups is 1. The fourth-order valence-electron chi connectivity index (χ4n) is 5.86. The van der Waals surface area contributed by atoms with Crippen molar-refractivity contribution in [2.45, 2.75) is 68.0 Å². The van der Waals surface area contributed by atoms with E-state index in [1.54, 1.807) is 4.90 Å². The first-order valence-corrected chi connectivity index (χ1v) is 11.4. The highest BCUT2D eigenvalue weighted by molar-refractivity contribution is 5.79. The van der Waals surface area contributed by atoms with Gasteiger partial charge in [0.15, 0.2) is 0 Å². The summed E-state index contributed by atoms with van der Waals surface area (Å²) in [6, 6.07) is 10.5. The Bertz CT molecular complexity index is 813. The van der Waals surface area contributed by atoms with Crippen molar-refractivity contribution >= 4 is 12.0 Å². The van der Waals surface area contributed by atoms with Gasteiger partial charge in [-0.25, -0.2) is 4.79 Å². The van der Waals surface area contributed by atoms with Gasteiger partial charge in [0.1, 0.15) is 0 Å². The molecule has 31 heavy (non-hydrogen) atoms. The Kier molecular flexibility index (Phi) is 5.77. The van der Waals surface area contributed by atoms with Gasteiger partial charge in [-0.2, -0.15) is 0 Å². The number of β-amino-alcohol motifs (C(OH)–C–C–N with tert-alkyl or cyclic N) is 1. The second-order valence-electron chi connectivity index (χ2n) is 10.0. The first kappa shape index (κ1) is 22.1. The summed E-state index contributed by atoms with van der Waals surface area (Å²) in [5, 5.41) is 20.0. The summed E-state index contributed by atoms with van der Waals surface area (Å²) in [4.78, 5) is 30.3. The van der Waals surface area contributed by atoms with Gasteiger partial charge in [-0.1, -0.05) is 30.3 Å². The monoisotopic (exact) mass is 429 g/mol. The van der Waals surface area contributed by atoms with E-state index in [1.165, 1.54) is 5.56 Å². The van der Waals surface area contributed by atoms with Crippen LogP contribution in [0, 0.1) is 0 Å². The zero-order chi connectivity index (χ0) is 22.3. The van der Waals surface area contributed by atoms with E-state index in [9.17, 15) is 14.7 Å². The quantitative estimate of drug-likeness (QED) is 0.696. The normalized spacial score (nSPS) is 30.1. The van der Waals surface area contributed by atoms with E-state index in [0.29, 0.717) is 13.1 Å². The first-order valence-electron chi connectivity index (χ1n) is 11.4. The Morgan fingerprint density at radius 2 is 1.71 bits per heavy atom. The Morgan fingerprint density at radius 3 is 2.23 bits per heavy atom. The lowest BCUT2D eigenvalue weighted by atomic mass is 9.67. The van der Waals surface area contributed by atoms with Crippen LogP contribution < -0.4 is 0 Å². The number of nitrogens with zero attached hydrogens (tertiary/aromatic N) is 3. The molecule has 1 aromatic rings. The molecule has 1 aromatic carbocycles. The minimum atomic E-state index is -0.891. The molecule has 0 bridgehead atoms. The second-order valence-corrected chi connectivity index (χ2v) is 10.0. The molecule has 0 atom stereocenters. The minimum absolute atomic E-state index is 0.0500. The maximum absolute atomic E-state index is 13.3. The molecule has 0 radical (unpaired) electrons. The van der Waals surface area contributed by atoms with E-state index in [4.69, 9.17) is 5.11 Å². The van der Waals surface area contributed by atoms with Gasteiger partial charge in [0.25, 0.3) is 0 Å². The fraction of sp³-hybridized carbons (Fsp3) is 0.667. The topological polar surface area (TPSA) is 84.3 Å². The smallest absolute Gasteiger partial charge is 0.320 e. The number of hydrogen-bond donors (Lipinski definition) is 2. The molecule has 2 amide bonds. The van der Waals surface area contributed by atoms with Crippen molar-refractivity contribution in [2.75, 3.05) is 33.7 Å².